The van der Waals surface area contributed by atoms with Crippen molar-refractivity contribution >= 4 is 26.0 Å². The summed E-state index contributed by atoms with van der Waals surface area (Å²) in [5.74, 6) is 0.198. The highest BCUT2D eigenvalue weighted by Crippen LogP contribution is 2.29. The Morgan fingerprint density at radius 1 is 1.39 bits per heavy atom. The van der Waals surface area contributed by atoms with E-state index in [4.69, 9.17) is 5.73 Å². The van der Waals surface area contributed by atoms with Crippen LogP contribution >= 0.6 is 15.9 Å². The van der Waals surface area contributed by atoms with Gasteiger partial charge in [0.1, 0.15) is 0 Å². The molecule has 100 valence electrons. The standard InChI is InChI=1S/C12H17BrN2O2S/c1-8-3-4-12(10(13)5-8)18(16,17)15-6-9(2)11(14)7-15/h3-5,9,11H,6-7,14H2,1-2H3. The molecule has 1 fully saturated rings. The van der Waals surface area contributed by atoms with Crippen LogP contribution < -0.4 is 5.73 Å². The molecular weight excluding hydrogens is 316 g/mol. The van der Waals surface area contributed by atoms with E-state index in [1.807, 2.05) is 19.9 Å². The molecule has 4 nitrogen and oxygen atoms in total. The molecule has 2 unspecified atom stereocenters. The molecule has 6 heteroatoms. The fraction of sp³-hybridized carbons (Fsp3) is 0.500. The second kappa shape index (κ2) is 4.92. The van der Waals surface area contributed by atoms with E-state index in [9.17, 15) is 8.42 Å². The molecule has 1 aromatic rings. The van der Waals surface area contributed by atoms with Gasteiger partial charge in [-0.2, -0.15) is 4.31 Å². The fourth-order valence-corrected chi connectivity index (χ4v) is 4.83. The summed E-state index contributed by atoms with van der Waals surface area (Å²) in [4.78, 5) is 0.314. The first-order valence-corrected chi connectivity index (χ1v) is 8.07. The van der Waals surface area contributed by atoms with Gasteiger partial charge in [-0.25, -0.2) is 8.42 Å². The number of halogens is 1. The molecule has 0 amide bonds. The third-order valence-corrected chi connectivity index (χ3v) is 6.15. The second-order valence-corrected chi connectivity index (χ2v) is 7.66. The topological polar surface area (TPSA) is 63.4 Å². The predicted octanol–water partition coefficient (Wildman–Crippen LogP) is 1.73. The van der Waals surface area contributed by atoms with Crippen molar-refractivity contribution in [3.05, 3.63) is 28.2 Å². The van der Waals surface area contributed by atoms with E-state index in [2.05, 4.69) is 15.9 Å². The van der Waals surface area contributed by atoms with Crippen LogP contribution in [0.1, 0.15) is 12.5 Å². The minimum Gasteiger partial charge on any atom is -0.326 e. The number of sulfonamides is 1. The lowest BCUT2D eigenvalue weighted by atomic mass is 10.1. The smallest absolute Gasteiger partial charge is 0.244 e. The van der Waals surface area contributed by atoms with Crippen LogP contribution in [-0.4, -0.2) is 31.9 Å². The van der Waals surface area contributed by atoms with Gasteiger partial charge in [0.25, 0.3) is 0 Å². The molecule has 1 saturated heterocycles. The van der Waals surface area contributed by atoms with Crippen molar-refractivity contribution in [1.29, 1.82) is 0 Å². The highest BCUT2D eigenvalue weighted by atomic mass is 79.9. The van der Waals surface area contributed by atoms with Gasteiger partial charge >= 0.3 is 0 Å². The Morgan fingerprint density at radius 2 is 2.06 bits per heavy atom. The molecule has 0 saturated carbocycles. The maximum atomic E-state index is 12.5. The number of aryl methyl sites for hydroxylation is 1. The Bertz CT molecular complexity index is 549. The molecule has 0 aliphatic carbocycles. The molecule has 0 radical (unpaired) electrons. The molecule has 1 aliphatic rings. The third kappa shape index (κ3) is 2.47. The maximum Gasteiger partial charge on any atom is 0.244 e. The van der Waals surface area contributed by atoms with Gasteiger partial charge in [-0.05, 0) is 46.5 Å². The monoisotopic (exact) mass is 332 g/mol. The van der Waals surface area contributed by atoms with Crippen LogP contribution in [0.5, 0.6) is 0 Å². The second-order valence-electron chi connectivity index (χ2n) is 4.90. The van der Waals surface area contributed by atoms with Crippen molar-refractivity contribution in [2.75, 3.05) is 13.1 Å². The zero-order chi connectivity index (χ0) is 13.5. The largest absolute Gasteiger partial charge is 0.326 e. The van der Waals surface area contributed by atoms with E-state index < -0.39 is 10.0 Å². The van der Waals surface area contributed by atoms with E-state index in [1.165, 1.54) is 4.31 Å². The van der Waals surface area contributed by atoms with Crippen LogP contribution in [0.3, 0.4) is 0 Å². The van der Waals surface area contributed by atoms with Crippen molar-refractivity contribution in [2.24, 2.45) is 11.7 Å². The minimum absolute atomic E-state index is 0.0796. The SMILES string of the molecule is Cc1ccc(S(=O)(=O)N2CC(C)C(N)C2)c(Br)c1. The van der Waals surface area contributed by atoms with Crippen LogP contribution in [0.25, 0.3) is 0 Å². The first kappa shape index (κ1) is 14.0. The normalized spacial score (nSPS) is 25.6. The number of nitrogens with zero attached hydrogens (tertiary/aromatic N) is 1. The Morgan fingerprint density at radius 3 is 2.56 bits per heavy atom. The van der Waals surface area contributed by atoms with Gasteiger partial charge in [-0.1, -0.05) is 13.0 Å². The van der Waals surface area contributed by atoms with Gasteiger partial charge in [0.15, 0.2) is 0 Å². The lowest BCUT2D eigenvalue weighted by molar-refractivity contribution is 0.464. The summed E-state index contributed by atoms with van der Waals surface area (Å²) < 4.78 is 27.1. The lowest BCUT2D eigenvalue weighted by Crippen LogP contribution is -2.32. The van der Waals surface area contributed by atoms with Gasteiger partial charge in [0.2, 0.25) is 10.0 Å². The quantitative estimate of drug-likeness (QED) is 0.896. The van der Waals surface area contributed by atoms with Crippen LogP contribution in [0.2, 0.25) is 0 Å². The summed E-state index contributed by atoms with van der Waals surface area (Å²) in [6.45, 7) is 4.78. The third-order valence-electron chi connectivity index (χ3n) is 3.34. The van der Waals surface area contributed by atoms with E-state index in [0.717, 1.165) is 5.56 Å². The van der Waals surface area contributed by atoms with E-state index in [-0.39, 0.29) is 12.0 Å². The van der Waals surface area contributed by atoms with Gasteiger partial charge in [0.05, 0.1) is 4.90 Å². The van der Waals surface area contributed by atoms with Gasteiger partial charge < -0.3 is 5.73 Å². The number of rotatable bonds is 2. The number of hydrogen-bond donors (Lipinski definition) is 1. The highest BCUT2D eigenvalue weighted by Gasteiger charge is 2.36. The van der Waals surface area contributed by atoms with Gasteiger partial charge in [-0.3, -0.25) is 0 Å². The molecule has 2 N–H and O–H groups in total. The molecule has 0 spiro atoms. The number of nitrogens with two attached hydrogens (primary N) is 1. The van der Waals surface area contributed by atoms with Crippen LogP contribution in [0.15, 0.2) is 27.6 Å². The minimum atomic E-state index is -3.45. The molecule has 2 atom stereocenters. The van der Waals surface area contributed by atoms with E-state index >= 15 is 0 Å². The zero-order valence-corrected chi connectivity index (χ0v) is 12.8. The summed E-state index contributed by atoms with van der Waals surface area (Å²) in [6.07, 6.45) is 0. The molecule has 1 aliphatic heterocycles. The van der Waals surface area contributed by atoms with E-state index in [1.54, 1.807) is 12.1 Å². The average Bonchev–Trinajstić information content (AvgIpc) is 2.59. The molecule has 0 aromatic heterocycles. The first-order chi connectivity index (χ1) is 8.32. The average molecular weight is 333 g/mol. The number of benzene rings is 1. The first-order valence-electron chi connectivity index (χ1n) is 5.84. The predicted molar refractivity (Wildman–Crippen MR) is 74.8 cm³/mol. The summed E-state index contributed by atoms with van der Waals surface area (Å²) in [7, 11) is -3.45. The van der Waals surface area contributed by atoms with Crippen LogP contribution in [-0.2, 0) is 10.0 Å². The van der Waals surface area contributed by atoms with Crippen molar-refractivity contribution in [3.8, 4) is 0 Å². The highest BCUT2D eigenvalue weighted by molar-refractivity contribution is 9.10. The molecule has 1 aromatic carbocycles. The Balaban J connectivity index is 2.37. The molecular formula is C12H17BrN2O2S. The van der Waals surface area contributed by atoms with Crippen LogP contribution in [0.4, 0.5) is 0 Å². The molecule has 2 rings (SSSR count). The lowest BCUT2D eigenvalue weighted by Gasteiger charge is -2.17. The summed E-state index contributed by atoms with van der Waals surface area (Å²) in [5, 5.41) is 0. The van der Waals surface area contributed by atoms with Crippen molar-refractivity contribution in [1.82, 2.24) is 4.31 Å². The van der Waals surface area contributed by atoms with Gasteiger partial charge in [-0.15, -0.1) is 0 Å². The van der Waals surface area contributed by atoms with Crippen LogP contribution in [0, 0.1) is 12.8 Å². The number of hydrogen-bond acceptors (Lipinski definition) is 3. The summed E-state index contributed by atoms with van der Waals surface area (Å²) in [6, 6.07) is 5.18. The van der Waals surface area contributed by atoms with Gasteiger partial charge in [0, 0.05) is 23.6 Å². The summed E-state index contributed by atoms with van der Waals surface area (Å²) in [5.41, 5.74) is 6.91. The molecule has 18 heavy (non-hydrogen) atoms. The van der Waals surface area contributed by atoms with Crippen molar-refractivity contribution in [3.63, 3.8) is 0 Å². The Hall–Kier alpha value is -0.430. The van der Waals surface area contributed by atoms with Crippen molar-refractivity contribution < 1.29 is 8.42 Å². The van der Waals surface area contributed by atoms with E-state index in [0.29, 0.717) is 22.5 Å². The fourth-order valence-electron chi connectivity index (χ4n) is 2.10. The molecule has 1 heterocycles. The molecule has 0 bridgehead atoms. The summed E-state index contributed by atoms with van der Waals surface area (Å²) >= 11 is 3.32. The Kier molecular flexibility index (Phi) is 3.82. The maximum absolute atomic E-state index is 12.5. The zero-order valence-electron chi connectivity index (χ0n) is 10.4. The van der Waals surface area contributed by atoms with Crippen molar-refractivity contribution in [2.45, 2.75) is 24.8 Å². The Labute approximate surface area is 116 Å².